The molecule has 0 radical (unpaired) electrons. The fourth-order valence-corrected chi connectivity index (χ4v) is 7.96. The van der Waals surface area contributed by atoms with Crippen LogP contribution in [-0.4, -0.2) is 101 Å². The van der Waals surface area contributed by atoms with Gasteiger partial charge in [-0.3, -0.25) is 33.6 Å². The van der Waals surface area contributed by atoms with Crippen molar-refractivity contribution in [3.8, 4) is 33.8 Å². The Morgan fingerprint density at radius 3 is 2.16 bits per heavy atom. The Bertz CT molecular complexity index is 2410. The first-order valence-electron chi connectivity index (χ1n) is 21.1. The third-order valence-electron chi connectivity index (χ3n) is 11.5. The first-order chi connectivity index (χ1) is 30.6. The predicted molar refractivity (Wildman–Crippen MR) is 239 cm³/mol. The number of rotatable bonds is 14. The van der Waals surface area contributed by atoms with Crippen molar-refractivity contribution in [1.82, 2.24) is 31.5 Å². The highest BCUT2D eigenvalue weighted by molar-refractivity contribution is 6.30. The number of nitrogens with zero attached hydrogens (tertiary/aromatic N) is 1. The molecule has 2 aliphatic rings. The first-order valence-corrected chi connectivity index (χ1v) is 21.5. The molecule has 1 unspecified atom stereocenters. The molecule has 1 saturated heterocycles. The zero-order valence-electron chi connectivity index (χ0n) is 35.5. The number of halogens is 1. The van der Waals surface area contributed by atoms with E-state index in [1.165, 1.54) is 50.4 Å². The Hall–Kier alpha value is -6.78. The maximum atomic E-state index is 14.6. The number of benzene rings is 4. The lowest BCUT2D eigenvalue weighted by atomic mass is 9.93. The van der Waals surface area contributed by atoms with E-state index in [4.69, 9.17) is 17.3 Å². The summed E-state index contributed by atoms with van der Waals surface area (Å²) in [7, 11) is 1.38. The molecule has 336 valence electrons. The molecule has 4 aromatic rings. The molecule has 0 aliphatic carbocycles. The van der Waals surface area contributed by atoms with E-state index in [0.717, 1.165) is 16.0 Å². The average molecular weight is 894 g/mol. The summed E-state index contributed by atoms with van der Waals surface area (Å²) >= 11 is 6.05. The van der Waals surface area contributed by atoms with Gasteiger partial charge in [0.25, 0.3) is 5.91 Å². The quantitative estimate of drug-likeness (QED) is 0.0859. The van der Waals surface area contributed by atoms with E-state index in [1.807, 2.05) is 12.1 Å². The zero-order chi connectivity index (χ0) is 46.1. The fraction of sp³-hybridized carbons (Fsp3) is 0.340. The van der Waals surface area contributed by atoms with E-state index in [2.05, 4.69) is 26.6 Å². The third kappa shape index (κ3) is 11.4. The van der Waals surface area contributed by atoms with Crippen molar-refractivity contribution in [2.24, 2.45) is 11.7 Å². The number of Topliss-reactive ketones (excluding diaryl/α,β-unsaturated/α-hetero) is 1. The van der Waals surface area contributed by atoms with E-state index >= 15 is 0 Å². The number of fused-ring (bicyclic) bond motifs is 5. The number of hydrogen-bond donors (Lipinski definition) is 8. The van der Waals surface area contributed by atoms with Crippen molar-refractivity contribution in [3.05, 3.63) is 107 Å². The van der Waals surface area contributed by atoms with E-state index in [0.29, 0.717) is 42.9 Å². The zero-order valence-corrected chi connectivity index (χ0v) is 36.2. The molecular formula is C47H52ClN7O9. The molecular weight excluding hydrogens is 842 g/mol. The van der Waals surface area contributed by atoms with E-state index in [1.54, 1.807) is 36.4 Å². The van der Waals surface area contributed by atoms with Crippen molar-refractivity contribution < 1.29 is 43.8 Å². The Kier molecular flexibility index (Phi) is 15.4. The molecule has 4 bridgehead atoms. The average Bonchev–Trinajstić information content (AvgIpc) is 3.68. The van der Waals surface area contributed by atoms with Gasteiger partial charge in [-0.05, 0) is 110 Å². The number of likely N-dealkylation sites (N-methyl/N-ethyl adjacent to an activating group) is 1. The number of ketones is 1. The molecule has 6 amide bonds. The van der Waals surface area contributed by atoms with Gasteiger partial charge < -0.3 is 47.4 Å². The summed E-state index contributed by atoms with van der Waals surface area (Å²) in [6.45, 7) is 1.81. The van der Waals surface area contributed by atoms with Crippen LogP contribution < -0.4 is 32.3 Å². The van der Waals surface area contributed by atoms with Gasteiger partial charge in [0.2, 0.25) is 29.5 Å². The maximum absolute atomic E-state index is 14.6. The minimum atomic E-state index is -1.45. The lowest BCUT2D eigenvalue weighted by Crippen LogP contribution is -2.56. The van der Waals surface area contributed by atoms with E-state index in [-0.39, 0.29) is 64.7 Å². The number of unbranched alkanes of at least 4 members (excludes halogenated alkanes) is 1. The number of carbonyl (C=O) groups excluding carboxylic acids is 7. The minimum Gasteiger partial charge on any atom is -0.507 e. The Morgan fingerprint density at radius 2 is 1.50 bits per heavy atom. The van der Waals surface area contributed by atoms with Crippen LogP contribution >= 0.6 is 11.6 Å². The minimum absolute atomic E-state index is 0.0609. The van der Waals surface area contributed by atoms with E-state index < -0.39 is 66.2 Å². The van der Waals surface area contributed by atoms with Crippen LogP contribution in [0.1, 0.15) is 66.6 Å². The number of carbonyl (C=O) groups is 7. The number of nitrogens with two attached hydrogens (primary N) is 1. The summed E-state index contributed by atoms with van der Waals surface area (Å²) in [6.07, 6.45) is 1.51. The lowest BCUT2D eigenvalue weighted by molar-refractivity contribution is -0.141. The smallest absolute Gasteiger partial charge is 0.251 e. The van der Waals surface area contributed by atoms with Crippen molar-refractivity contribution in [2.75, 3.05) is 26.7 Å². The normalized spacial score (nSPS) is 19.0. The molecule has 17 heteroatoms. The molecule has 2 heterocycles. The van der Waals surface area contributed by atoms with Gasteiger partial charge >= 0.3 is 0 Å². The molecule has 4 aromatic carbocycles. The van der Waals surface area contributed by atoms with Crippen LogP contribution in [-0.2, 0) is 35.2 Å². The Morgan fingerprint density at radius 1 is 0.844 bits per heavy atom. The van der Waals surface area contributed by atoms with E-state index in [9.17, 15) is 43.8 Å². The summed E-state index contributed by atoms with van der Waals surface area (Å²) in [6, 6.07) is 17.6. The van der Waals surface area contributed by atoms with Crippen LogP contribution in [0, 0.1) is 5.92 Å². The second kappa shape index (κ2) is 21.1. The monoisotopic (exact) mass is 893 g/mol. The highest BCUT2D eigenvalue weighted by Gasteiger charge is 2.36. The SMILES string of the molecule is C[C@@H]1NC(=O)[C@@H](N(C)C(=O)[C@H](CCCCN)NC(=O)c2ccc(-c3ccc(Cl)cc3)cc2)c2ccc(O)c(c2)-c2cc(ccc2O)C[C@@H](C(=O)NCC(=O)CC2CCNC2=O)NC1=O. The fourth-order valence-electron chi connectivity index (χ4n) is 7.83. The van der Waals surface area contributed by atoms with Gasteiger partial charge in [-0.2, -0.15) is 0 Å². The van der Waals surface area contributed by atoms with Gasteiger partial charge in [-0.15, -0.1) is 0 Å². The summed E-state index contributed by atoms with van der Waals surface area (Å²) < 4.78 is 0. The molecule has 0 saturated carbocycles. The number of amides is 6. The largest absolute Gasteiger partial charge is 0.507 e. The van der Waals surface area contributed by atoms with Gasteiger partial charge in [-0.1, -0.05) is 48.0 Å². The van der Waals surface area contributed by atoms with Crippen LogP contribution in [0.2, 0.25) is 5.02 Å². The molecule has 0 spiro atoms. The van der Waals surface area contributed by atoms with Gasteiger partial charge in [0.05, 0.1) is 6.54 Å². The first kappa shape index (κ1) is 46.7. The molecule has 1 fully saturated rings. The summed E-state index contributed by atoms with van der Waals surface area (Å²) in [5.74, 6) is -5.06. The Labute approximate surface area is 375 Å². The number of nitrogens with one attached hydrogen (secondary N) is 5. The molecule has 16 nitrogen and oxygen atoms in total. The van der Waals surface area contributed by atoms with Crippen molar-refractivity contribution in [3.63, 3.8) is 0 Å². The standard InChI is InChI=1S/C47H52ClN7O9/c1-26-42(59)54-38(45(62)51-25-34(56)23-32-18-20-50-43(32)60)22-27-6-16-39(57)35(21-27)36-24-31(13-17-40(36)58)41(46(63)52-26)55(2)47(64)37(5-3-4-19-49)53-44(61)30-9-7-28(8-10-30)29-11-14-33(48)15-12-29/h6-17,21,24,26,32,37-38,41,57-58H,3-5,18-20,22-23,25,49H2,1-2H3,(H,50,60)(H,51,62)(H,52,63)(H,53,61)(H,54,59)/t26-,32?,37-,38-,41-/m0/s1. The van der Waals surface area contributed by atoms with Crippen LogP contribution in [0.15, 0.2) is 84.9 Å². The van der Waals surface area contributed by atoms with Crippen LogP contribution in [0.25, 0.3) is 22.3 Å². The second-order valence-electron chi connectivity index (χ2n) is 16.1. The van der Waals surface area contributed by atoms with Gasteiger partial charge in [0.1, 0.15) is 35.7 Å². The number of aromatic hydroxyl groups is 2. The van der Waals surface area contributed by atoms with Gasteiger partial charge in [0, 0.05) is 54.1 Å². The second-order valence-corrected chi connectivity index (χ2v) is 16.5. The maximum Gasteiger partial charge on any atom is 0.251 e. The molecule has 5 atom stereocenters. The van der Waals surface area contributed by atoms with Crippen molar-refractivity contribution in [1.29, 1.82) is 0 Å². The van der Waals surface area contributed by atoms with Crippen molar-refractivity contribution in [2.45, 2.75) is 69.6 Å². The molecule has 6 rings (SSSR count). The Balaban J connectivity index is 1.28. The van der Waals surface area contributed by atoms with Crippen LogP contribution in [0.4, 0.5) is 0 Å². The van der Waals surface area contributed by atoms with Crippen molar-refractivity contribution >= 4 is 52.8 Å². The number of phenolic OH excluding ortho intramolecular Hbond substituents is 2. The topological polar surface area (TPSA) is 249 Å². The third-order valence-corrected chi connectivity index (χ3v) is 11.7. The van der Waals surface area contributed by atoms with Gasteiger partial charge in [-0.25, -0.2) is 0 Å². The molecule has 2 aliphatic heterocycles. The summed E-state index contributed by atoms with van der Waals surface area (Å²) in [4.78, 5) is 96.0. The molecule has 0 aromatic heterocycles. The molecule has 9 N–H and O–H groups in total. The highest BCUT2D eigenvalue weighted by Crippen LogP contribution is 2.39. The predicted octanol–water partition coefficient (Wildman–Crippen LogP) is 3.27. The molecule has 64 heavy (non-hydrogen) atoms. The van der Waals surface area contributed by atoms with Gasteiger partial charge in [0.15, 0.2) is 5.78 Å². The number of hydrogen-bond acceptors (Lipinski definition) is 10. The highest BCUT2D eigenvalue weighted by atomic mass is 35.5. The van der Waals surface area contributed by atoms with Crippen LogP contribution in [0.5, 0.6) is 11.5 Å². The lowest BCUT2D eigenvalue weighted by Gasteiger charge is -2.32. The summed E-state index contributed by atoms with van der Waals surface area (Å²) in [5.41, 5.74) is 8.69. The number of phenols is 2. The van der Waals surface area contributed by atoms with Crippen LogP contribution in [0.3, 0.4) is 0 Å². The summed E-state index contributed by atoms with van der Waals surface area (Å²) in [5, 5.41) is 36.2.